The molecule has 2 amide bonds. The molecule has 132 valence electrons. The lowest BCUT2D eigenvalue weighted by atomic mass is 10.0. The van der Waals surface area contributed by atoms with E-state index in [4.69, 9.17) is 0 Å². The van der Waals surface area contributed by atoms with E-state index in [2.05, 4.69) is 10.6 Å². The Balaban J connectivity index is 2.18. The molecule has 2 aromatic carbocycles. The van der Waals surface area contributed by atoms with E-state index in [1.807, 2.05) is 52.0 Å². The summed E-state index contributed by atoms with van der Waals surface area (Å²) in [5.41, 5.74) is 2.59. The van der Waals surface area contributed by atoms with Crippen LogP contribution in [-0.4, -0.2) is 22.5 Å². The van der Waals surface area contributed by atoms with Gasteiger partial charge >= 0.3 is 0 Å². The number of hydrogen-bond acceptors (Lipinski definition) is 3. The van der Waals surface area contributed by atoms with Gasteiger partial charge in [0.05, 0.1) is 0 Å². The molecule has 5 nitrogen and oxygen atoms in total. The number of anilines is 2. The van der Waals surface area contributed by atoms with Crippen LogP contribution in [0.5, 0.6) is 0 Å². The number of aryl methyl sites for hydroxylation is 4. The number of carbonyl (C=O) groups excluding carboxylic acids is 2. The highest BCUT2D eigenvalue weighted by molar-refractivity contribution is 6.17. The van der Waals surface area contributed by atoms with Gasteiger partial charge in [0.15, 0.2) is 0 Å². The monoisotopic (exact) mass is 340 g/mol. The molecule has 0 heterocycles. The second kappa shape index (κ2) is 7.07. The third-order valence-corrected chi connectivity index (χ3v) is 4.17. The zero-order valence-corrected chi connectivity index (χ0v) is 15.2. The number of aliphatic hydroxyl groups is 1. The first-order valence-corrected chi connectivity index (χ1v) is 8.11. The number of carbonyl (C=O) groups is 2. The van der Waals surface area contributed by atoms with E-state index < -0.39 is 17.4 Å². The third-order valence-electron chi connectivity index (χ3n) is 4.17. The molecule has 0 aliphatic rings. The predicted octanol–water partition coefficient (Wildman–Crippen LogP) is 3.25. The summed E-state index contributed by atoms with van der Waals surface area (Å²) < 4.78 is 0. The molecule has 0 saturated heterocycles. The molecule has 0 saturated carbocycles. The van der Waals surface area contributed by atoms with Gasteiger partial charge in [-0.2, -0.15) is 0 Å². The first-order valence-electron chi connectivity index (χ1n) is 8.11. The second-order valence-corrected chi connectivity index (χ2v) is 6.62. The van der Waals surface area contributed by atoms with Crippen molar-refractivity contribution in [3.8, 4) is 0 Å². The summed E-state index contributed by atoms with van der Waals surface area (Å²) >= 11 is 0. The lowest BCUT2D eigenvalue weighted by Crippen LogP contribution is -2.50. The van der Waals surface area contributed by atoms with Crippen LogP contribution in [-0.2, 0) is 9.59 Å². The van der Waals surface area contributed by atoms with E-state index in [1.165, 1.54) is 6.92 Å². The van der Waals surface area contributed by atoms with Gasteiger partial charge in [-0.15, -0.1) is 0 Å². The molecule has 2 rings (SSSR count). The normalized spacial score (nSPS) is 11.1. The van der Waals surface area contributed by atoms with Crippen molar-refractivity contribution >= 4 is 23.2 Å². The lowest BCUT2D eigenvalue weighted by Gasteiger charge is -2.23. The summed E-state index contributed by atoms with van der Waals surface area (Å²) in [5.74, 6) is -1.55. The third kappa shape index (κ3) is 4.25. The smallest absolute Gasteiger partial charge is 0.265 e. The van der Waals surface area contributed by atoms with Crippen LogP contribution in [0.15, 0.2) is 36.4 Å². The van der Waals surface area contributed by atoms with Gasteiger partial charge in [-0.25, -0.2) is 0 Å². The van der Waals surface area contributed by atoms with Crippen molar-refractivity contribution in [1.29, 1.82) is 0 Å². The van der Waals surface area contributed by atoms with Crippen LogP contribution in [0, 0.1) is 27.7 Å². The van der Waals surface area contributed by atoms with E-state index in [1.54, 1.807) is 12.1 Å². The Labute approximate surface area is 148 Å². The minimum atomic E-state index is -2.20. The average Bonchev–Trinajstić information content (AvgIpc) is 2.54. The lowest BCUT2D eigenvalue weighted by molar-refractivity contribution is -0.145. The fraction of sp³-hybridized carbons (Fsp3) is 0.300. The zero-order valence-electron chi connectivity index (χ0n) is 15.2. The van der Waals surface area contributed by atoms with Crippen LogP contribution in [0.25, 0.3) is 0 Å². The molecule has 0 radical (unpaired) electrons. The largest absolute Gasteiger partial charge is 0.372 e. The Morgan fingerprint density at radius 3 is 1.52 bits per heavy atom. The Kier molecular flexibility index (Phi) is 5.28. The summed E-state index contributed by atoms with van der Waals surface area (Å²) in [5, 5.41) is 15.7. The maximum absolute atomic E-state index is 12.5. The molecule has 0 atom stereocenters. The molecule has 0 fully saturated rings. The van der Waals surface area contributed by atoms with Crippen molar-refractivity contribution < 1.29 is 14.7 Å². The number of amides is 2. The van der Waals surface area contributed by atoms with E-state index in [9.17, 15) is 14.7 Å². The topological polar surface area (TPSA) is 78.4 Å². The molecular weight excluding hydrogens is 316 g/mol. The predicted molar refractivity (Wildman–Crippen MR) is 99.7 cm³/mol. The van der Waals surface area contributed by atoms with Crippen molar-refractivity contribution in [2.24, 2.45) is 0 Å². The van der Waals surface area contributed by atoms with Gasteiger partial charge in [0.25, 0.3) is 11.8 Å². The molecule has 25 heavy (non-hydrogen) atoms. The van der Waals surface area contributed by atoms with Crippen molar-refractivity contribution in [2.75, 3.05) is 10.6 Å². The van der Waals surface area contributed by atoms with Crippen LogP contribution < -0.4 is 10.6 Å². The van der Waals surface area contributed by atoms with E-state index in [0.717, 1.165) is 22.3 Å². The Bertz CT molecular complexity index is 758. The Morgan fingerprint density at radius 2 is 1.16 bits per heavy atom. The first-order chi connectivity index (χ1) is 11.6. The van der Waals surface area contributed by atoms with Gasteiger partial charge in [0.1, 0.15) is 0 Å². The van der Waals surface area contributed by atoms with Gasteiger partial charge in [-0.05, 0) is 69.0 Å². The summed E-state index contributed by atoms with van der Waals surface area (Å²) in [6.45, 7) is 8.69. The molecular formula is C20H24N2O3. The minimum absolute atomic E-state index is 0.574. The molecule has 2 aromatic rings. The Morgan fingerprint density at radius 1 is 0.800 bits per heavy atom. The molecule has 5 heteroatoms. The van der Waals surface area contributed by atoms with Crippen molar-refractivity contribution in [3.63, 3.8) is 0 Å². The van der Waals surface area contributed by atoms with Crippen LogP contribution >= 0.6 is 0 Å². The van der Waals surface area contributed by atoms with Gasteiger partial charge in [-0.1, -0.05) is 24.3 Å². The number of rotatable bonds is 4. The summed E-state index contributed by atoms with van der Waals surface area (Å²) in [6, 6.07) is 11.2. The summed E-state index contributed by atoms with van der Waals surface area (Å²) in [4.78, 5) is 24.9. The molecule has 0 unspecified atom stereocenters. The van der Waals surface area contributed by atoms with E-state index in [0.29, 0.717) is 11.4 Å². The molecule has 0 aliphatic heterocycles. The number of nitrogens with one attached hydrogen (secondary N) is 2. The van der Waals surface area contributed by atoms with Crippen LogP contribution in [0.4, 0.5) is 11.4 Å². The molecule has 0 aromatic heterocycles. The van der Waals surface area contributed by atoms with Crippen LogP contribution in [0.3, 0.4) is 0 Å². The van der Waals surface area contributed by atoms with Crippen LogP contribution in [0.2, 0.25) is 0 Å². The molecule has 0 bridgehead atoms. The van der Waals surface area contributed by atoms with Gasteiger partial charge < -0.3 is 15.7 Å². The quantitative estimate of drug-likeness (QED) is 0.748. The number of benzene rings is 2. The molecule has 0 aliphatic carbocycles. The van der Waals surface area contributed by atoms with E-state index in [-0.39, 0.29) is 0 Å². The van der Waals surface area contributed by atoms with Gasteiger partial charge in [0.2, 0.25) is 5.60 Å². The fourth-order valence-corrected chi connectivity index (χ4v) is 2.33. The maximum atomic E-state index is 12.5. The van der Waals surface area contributed by atoms with Crippen molar-refractivity contribution in [3.05, 3.63) is 58.7 Å². The minimum Gasteiger partial charge on any atom is -0.372 e. The number of hydrogen-bond donors (Lipinski definition) is 3. The Hall–Kier alpha value is -2.66. The van der Waals surface area contributed by atoms with Crippen LogP contribution in [0.1, 0.15) is 29.2 Å². The van der Waals surface area contributed by atoms with Crippen molar-refractivity contribution in [1.82, 2.24) is 0 Å². The highest BCUT2D eigenvalue weighted by atomic mass is 16.3. The van der Waals surface area contributed by atoms with E-state index >= 15 is 0 Å². The SMILES string of the molecule is Cc1ccc(C)c(NC(=O)C(C)(O)C(=O)Nc2cc(C)ccc2C)c1. The van der Waals surface area contributed by atoms with Crippen molar-refractivity contribution in [2.45, 2.75) is 40.2 Å². The first kappa shape index (κ1) is 18.7. The zero-order chi connectivity index (χ0) is 18.8. The summed E-state index contributed by atoms with van der Waals surface area (Å²) in [6.07, 6.45) is 0. The molecule has 3 N–H and O–H groups in total. The average molecular weight is 340 g/mol. The van der Waals surface area contributed by atoms with Gasteiger partial charge in [-0.3, -0.25) is 9.59 Å². The molecule has 0 spiro atoms. The maximum Gasteiger partial charge on any atom is 0.265 e. The highest BCUT2D eigenvalue weighted by Gasteiger charge is 2.39. The standard InChI is InChI=1S/C20H24N2O3/c1-12-6-8-14(3)16(10-12)21-18(23)20(5,25)19(24)22-17-11-13(2)7-9-15(17)4/h6-11,25H,1-5H3,(H,21,23)(H,22,24). The van der Waals surface area contributed by atoms with Gasteiger partial charge in [0, 0.05) is 11.4 Å². The summed E-state index contributed by atoms with van der Waals surface area (Å²) in [7, 11) is 0. The fourth-order valence-electron chi connectivity index (χ4n) is 2.33. The highest BCUT2D eigenvalue weighted by Crippen LogP contribution is 2.21. The second-order valence-electron chi connectivity index (χ2n) is 6.62.